The Hall–Kier alpha value is -2.60. The van der Waals surface area contributed by atoms with E-state index in [1.54, 1.807) is 22.6 Å². The van der Waals surface area contributed by atoms with Gasteiger partial charge in [0.05, 0.1) is 11.3 Å². The monoisotopic (exact) mass is 352 g/mol. The average Bonchev–Trinajstić information content (AvgIpc) is 2.87. The Balaban J connectivity index is 1.63. The second-order valence-corrected chi connectivity index (χ2v) is 6.85. The third-order valence-electron chi connectivity index (χ3n) is 3.98. The molecule has 128 valence electrons. The summed E-state index contributed by atoms with van der Waals surface area (Å²) < 4.78 is 1.72. The van der Waals surface area contributed by atoms with Gasteiger partial charge in [-0.25, -0.2) is 0 Å². The lowest BCUT2D eigenvalue weighted by molar-refractivity contribution is 0.102. The highest BCUT2D eigenvalue weighted by Crippen LogP contribution is 2.24. The van der Waals surface area contributed by atoms with E-state index in [2.05, 4.69) is 21.5 Å². The van der Waals surface area contributed by atoms with Crippen LogP contribution in [-0.4, -0.2) is 20.7 Å². The van der Waals surface area contributed by atoms with Gasteiger partial charge >= 0.3 is 0 Å². The van der Waals surface area contributed by atoms with Gasteiger partial charge in [0.2, 0.25) is 0 Å². The highest BCUT2D eigenvalue weighted by molar-refractivity contribution is 7.98. The molecule has 0 spiro atoms. The first-order valence-corrected chi connectivity index (χ1v) is 8.96. The van der Waals surface area contributed by atoms with Crippen LogP contribution in [0.25, 0.3) is 0 Å². The van der Waals surface area contributed by atoms with Gasteiger partial charge in [0, 0.05) is 41.5 Å². The maximum absolute atomic E-state index is 12.5. The van der Waals surface area contributed by atoms with Crippen LogP contribution in [0.2, 0.25) is 0 Å². The average molecular weight is 352 g/mol. The number of pyridine rings is 1. The topological polar surface area (TPSA) is 59.8 Å². The number of rotatable bonds is 5. The molecule has 0 aliphatic rings. The summed E-state index contributed by atoms with van der Waals surface area (Å²) in [5, 5.41) is 7.23. The summed E-state index contributed by atoms with van der Waals surface area (Å²) in [6.45, 7) is 3.74. The number of hydrogen-bond acceptors (Lipinski definition) is 4. The number of thioether (sulfide) groups is 1. The number of aromatic nitrogens is 3. The Labute approximate surface area is 151 Å². The normalized spacial score (nSPS) is 10.7. The molecule has 0 aliphatic heterocycles. The molecule has 2 aromatic heterocycles. The molecule has 3 aromatic rings. The van der Waals surface area contributed by atoms with E-state index >= 15 is 0 Å². The minimum absolute atomic E-state index is 0.126. The van der Waals surface area contributed by atoms with Gasteiger partial charge in [0.25, 0.3) is 5.91 Å². The number of hydrogen-bond donors (Lipinski definition) is 1. The second-order valence-electron chi connectivity index (χ2n) is 5.80. The third kappa shape index (κ3) is 4.09. The summed E-state index contributed by atoms with van der Waals surface area (Å²) >= 11 is 1.74. The lowest BCUT2D eigenvalue weighted by Crippen LogP contribution is -2.14. The van der Waals surface area contributed by atoms with Crippen molar-refractivity contribution in [3.8, 4) is 0 Å². The molecule has 2 heterocycles. The third-order valence-corrected chi connectivity index (χ3v) is 5.06. The van der Waals surface area contributed by atoms with E-state index in [1.165, 1.54) is 5.56 Å². The molecule has 0 fully saturated rings. The van der Waals surface area contributed by atoms with Crippen LogP contribution in [0.15, 0.2) is 53.7 Å². The molecule has 1 amide bonds. The lowest BCUT2D eigenvalue weighted by Gasteiger charge is -2.07. The van der Waals surface area contributed by atoms with Crippen LogP contribution >= 0.6 is 11.8 Å². The van der Waals surface area contributed by atoms with Gasteiger partial charge in [-0.05, 0) is 49.7 Å². The van der Waals surface area contributed by atoms with Crippen molar-refractivity contribution in [3.63, 3.8) is 0 Å². The van der Waals surface area contributed by atoms with E-state index in [1.807, 2.05) is 57.4 Å². The highest BCUT2D eigenvalue weighted by Gasteiger charge is 2.17. The number of carbonyl (C=O) groups excluding carboxylic acids is 1. The summed E-state index contributed by atoms with van der Waals surface area (Å²) in [4.78, 5) is 17.8. The number of benzene rings is 1. The Morgan fingerprint density at radius 1 is 1.20 bits per heavy atom. The first-order chi connectivity index (χ1) is 12.0. The molecule has 1 aromatic carbocycles. The van der Waals surface area contributed by atoms with Crippen molar-refractivity contribution >= 4 is 23.4 Å². The lowest BCUT2D eigenvalue weighted by atomic mass is 10.2. The number of carbonyl (C=O) groups is 1. The van der Waals surface area contributed by atoms with Crippen molar-refractivity contribution < 1.29 is 4.79 Å². The molecular formula is C19H20N4OS. The molecule has 0 radical (unpaired) electrons. The van der Waals surface area contributed by atoms with Gasteiger partial charge in [-0.1, -0.05) is 6.07 Å². The fourth-order valence-corrected chi connectivity index (χ4v) is 3.41. The zero-order valence-electron chi connectivity index (χ0n) is 14.5. The molecule has 6 heteroatoms. The Kier molecular flexibility index (Phi) is 5.19. The minimum Gasteiger partial charge on any atom is -0.322 e. The van der Waals surface area contributed by atoms with Crippen molar-refractivity contribution in [1.82, 2.24) is 14.8 Å². The fraction of sp³-hybridized carbons (Fsp3) is 0.211. The van der Waals surface area contributed by atoms with Crippen LogP contribution in [-0.2, 0) is 12.8 Å². The number of amides is 1. The van der Waals surface area contributed by atoms with Gasteiger partial charge in [-0.3, -0.25) is 14.5 Å². The maximum atomic E-state index is 12.5. The minimum atomic E-state index is -0.126. The molecule has 0 aliphatic carbocycles. The number of nitrogens with zero attached hydrogens (tertiary/aromatic N) is 3. The van der Waals surface area contributed by atoms with Gasteiger partial charge in [-0.15, -0.1) is 11.8 Å². The van der Waals surface area contributed by atoms with Crippen LogP contribution in [0.1, 0.15) is 27.3 Å². The SMILES string of the molecule is Cc1nn(C)c(C)c1C(=O)Nc1ccc(SCc2cccnc2)cc1. The standard InChI is InChI=1S/C19H20N4OS/c1-13-18(14(2)23(3)22-13)19(24)21-16-6-8-17(9-7-16)25-12-15-5-4-10-20-11-15/h4-11H,12H2,1-3H3,(H,21,24). The Morgan fingerprint density at radius 3 is 2.56 bits per heavy atom. The number of aryl methyl sites for hydroxylation is 2. The summed E-state index contributed by atoms with van der Waals surface area (Å²) in [7, 11) is 1.84. The van der Waals surface area contributed by atoms with Gasteiger partial charge in [0.1, 0.15) is 0 Å². The first kappa shape index (κ1) is 17.2. The van der Waals surface area contributed by atoms with Crippen LogP contribution in [0.5, 0.6) is 0 Å². The quantitative estimate of drug-likeness (QED) is 0.706. The van der Waals surface area contributed by atoms with Crippen LogP contribution in [0, 0.1) is 13.8 Å². The Morgan fingerprint density at radius 2 is 1.96 bits per heavy atom. The van der Waals surface area contributed by atoms with E-state index in [0.29, 0.717) is 5.56 Å². The molecule has 3 rings (SSSR count). The second kappa shape index (κ2) is 7.53. The molecule has 1 N–H and O–H groups in total. The number of nitrogens with one attached hydrogen (secondary N) is 1. The smallest absolute Gasteiger partial charge is 0.259 e. The van der Waals surface area contributed by atoms with E-state index in [0.717, 1.165) is 27.7 Å². The molecule has 0 bridgehead atoms. The fourth-order valence-electron chi connectivity index (χ4n) is 2.58. The summed E-state index contributed by atoms with van der Waals surface area (Å²) in [5.41, 5.74) is 4.20. The molecule has 0 unspecified atom stereocenters. The van der Waals surface area contributed by atoms with E-state index in [-0.39, 0.29) is 5.91 Å². The molecule has 0 saturated carbocycles. The predicted molar refractivity (Wildman–Crippen MR) is 101 cm³/mol. The van der Waals surface area contributed by atoms with Crippen molar-refractivity contribution in [2.45, 2.75) is 24.5 Å². The van der Waals surface area contributed by atoms with Crippen molar-refractivity contribution in [2.24, 2.45) is 7.05 Å². The van der Waals surface area contributed by atoms with Gasteiger partial charge < -0.3 is 5.32 Å². The number of anilines is 1. The highest BCUT2D eigenvalue weighted by atomic mass is 32.2. The zero-order valence-corrected chi connectivity index (χ0v) is 15.3. The molecule has 25 heavy (non-hydrogen) atoms. The van der Waals surface area contributed by atoms with Crippen molar-refractivity contribution in [1.29, 1.82) is 0 Å². The van der Waals surface area contributed by atoms with Crippen LogP contribution in [0.4, 0.5) is 5.69 Å². The van der Waals surface area contributed by atoms with Crippen molar-refractivity contribution in [3.05, 3.63) is 71.3 Å². The van der Waals surface area contributed by atoms with E-state index < -0.39 is 0 Å². The van der Waals surface area contributed by atoms with E-state index in [9.17, 15) is 4.79 Å². The largest absolute Gasteiger partial charge is 0.322 e. The maximum Gasteiger partial charge on any atom is 0.259 e. The van der Waals surface area contributed by atoms with Crippen molar-refractivity contribution in [2.75, 3.05) is 5.32 Å². The molecule has 0 saturated heterocycles. The first-order valence-electron chi connectivity index (χ1n) is 7.98. The van der Waals surface area contributed by atoms with Gasteiger partial charge in [-0.2, -0.15) is 5.10 Å². The summed E-state index contributed by atoms with van der Waals surface area (Å²) in [6, 6.07) is 11.9. The van der Waals surface area contributed by atoms with Crippen LogP contribution in [0.3, 0.4) is 0 Å². The van der Waals surface area contributed by atoms with Crippen LogP contribution < -0.4 is 5.32 Å². The molecule has 5 nitrogen and oxygen atoms in total. The molecular weight excluding hydrogens is 332 g/mol. The zero-order chi connectivity index (χ0) is 17.8. The van der Waals surface area contributed by atoms with Gasteiger partial charge in [0.15, 0.2) is 0 Å². The summed E-state index contributed by atoms with van der Waals surface area (Å²) in [5.74, 6) is 0.743. The predicted octanol–water partition coefficient (Wildman–Crippen LogP) is 3.98. The van der Waals surface area contributed by atoms with E-state index in [4.69, 9.17) is 0 Å². The molecule has 0 atom stereocenters. The summed E-state index contributed by atoms with van der Waals surface area (Å²) in [6.07, 6.45) is 3.65. The Bertz CT molecular complexity index is 872.